The van der Waals surface area contributed by atoms with Crippen molar-refractivity contribution in [3.8, 4) is 0 Å². The van der Waals surface area contributed by atoms with Gasteiger partial charge >= 0.3 is 0 Å². The van der Waals surface area contributed by atoms with Crippen LogP contribution in [0.2, 0.25) is 0 Å². The molecule has 0 bridgehead atoms. The van der Waals surface area contributed by atoms with Gasteiger partial charge in [0.2, 0.25) is 0 Å². The number of halogens is 3. The molecule has 3 rings (SSSR count). The molecular formula is C18H19F3N4O. The van der Waals surface area contributed by atoms with Crippen LogP contribution in [0, 0.1) is 17.5 Å². The van der Waals surface area contributed by atoms with Gasteiger partial charge in [-0.1, -0.05) is 6.92 Å². The Hall–Kier alpha value is -2.61. The molecule has 0 unspecified atom stereocenters. The van der Waals surface area contributed by atoms with Gasteiger partial charge < -0.3 is 15.1 Å². The van der Waals surface area contributed by atoms with E-state index in [1.165, 1.54) is 6.20 Å². The van der Waals surface area contributed by atoms with Crippen molar-refractivity contribution in [2.45, 2.75) is 6.92 Å². The predicted molar refractivity (Wildman–Crippen MR) is 92.8 cm³/mol. The lowest BCUT2D eigenvalue weighted by Crippen LogP contribution is -2.46. The van der Waals surface area contributed by atoms with Crippen LogP contribution in [-0.2, 0) is 0 Å². The first-order valence-corrected chi connectivity index (χ1v) is 8.37. The highest BCUT2D eigenvalue weighted by atomic mass is 19.2. The van der Waals surface area contributed by atoms with Gasteiger partial charge in [0.05, 0.1) is 5.69 Å². The van der Waals surface area contributed by atoms with Crippen molar-refractivity contribution in [3.05, 3.63) is 53.6 Å². The smallest absolute Gasteiger partial charge is 0.274 e. The van der Waals surface area contributed by atoms with E-state index in [4.69, 9.17) is 0 Å². The fourth-order valence-corrected chi connectivity index (χ4v) is 2.87. The molecular weight excluding hydrogens is 345 g/mol. The summed E-state index contributed by atoms with van der Waals surface area (Å²) in [7, 11) is 0. The average molecular weight is 364 g/mol. The largest absolute Gasteiger partial charge is 0.369 e. The number of benzene rings is 1. The molecule has 8 heteroatoms. The van der Waals surface area contributed by atoms with E-state index in [0.717, 1.165) is 50.5 Å². The number of likely N-dealkylation sites (N-methyl/N-ethyl adjacent to an activating group) is 1. The summed E-state index contributed by atoms with van der Waals surface area (Å²) in [6.07, 6.45) is 1.50. The molecule has 138 valence electrons. The zero-order chi connectivity index (χ0) is 18.7. The van der Waals surface area contributed by atoms with Crippen molar-refractivity contribution >= 4 is 17.3 Å². The predicted octanol–water partition coefficient (Wildman–Crippen LogP) is 2.89. The summed E-state index contributed by atoms with van der Waals surface area (Å²) in [6.45, 7) is 6.63. The molecule has 0 spiro atoms. The third-order valence-corrected chi connectivity index (χ3v) is 4.44. The van der Waals surface area contributed by atoms with Crippen molar-refractivity contribution < 1.29 is 18.0 Å². The van der Waals surface area contributed by atoms with Gasteiger partial charge in [0, 0.05) is 38.1 Å². The average Bonchev–Trinajstić information content (AvgIpc) is 2.68. The van der Waals surface area contributed by atoms with Crippen molar-refractivity contribution in [1.29, 1.82) is 0 Å². The van der Waals surface area contributed by atoms with Crippen LogP contribution in [0.5, 0.6) is 0 Å². The Kier molecular flexibility index (Phi) is 5.41. The Labute approximate surface area is 149 Å². The molecule has 1 amide bonds. The van der Waals surface area contributed by atoms with Gasteiger partial charge in [0.1, 0.15) is 5.69 Å². The van der Waals surface area contributed by atoms with E-state index < -0.39 is 29.0 Å². The van der Waals surface area contributed by atoms with Gasteiger partial charge in [-0.05, 0) is 30.8 Å². The standard InChI is InChI=1S/C18H19F3N4O/c1-2-24-7-9-25(10-8-24)12-5-6-22-15(11-12)18(26)23-14-4-3-13(19)16(20)17(14)21/h3-6,11H,2,7-10H2,1H3,(H,23,26). The van der Waals surface area contributed by atoms with Crippen LogP contribution in [0.3, 0.4) is 0 Å². The molecule has 2 heterocycles. The molecule has 0 saturated carbocycles. The summed E-state index contributed by atoms with van der Waals surface area (Å²) in [5, 5.41) is 2.23. The number of carbonyl (C=O) groups excluding carboxylic acids is 1. The monoisotopic (exact) mass is 364 g/mol. The summed E-state index contributed by atoms with van der Waals surface area (Å²) in [6, 6.07) is 5.13. The maximum atomic E-state index is 13.7. The lowest BCUT2D eigenvalue weighted by molar-refractivity contribution is 0.102. The number of aromatic nitrogens is 1. The van der Waals surface area contributed by atoms with Crippen LogP contribution in [0.1, 0.15) is 17.4 Å². The van der Waals surface area contributed by atoms with Crippen molar-refractivity contribution in [2.24, 2.45) is 0 Å². The molecule has 1 saturated heterocycles. The molecule has 26 heavy (non-hydrogen) atoms. The second-order valence-electron chi connectivity index (χ2n) is 6.00. The molecule has 1 aromatic heterocycles. The number of nitrogens with zero attached hydrogens (tertiary/aromatic N) is 3. The minimum absolute atomic E-state index is 0.0737. The lowest BCUT2D eigenvalue weighted by Gasteiger charge is -2.35. The second-order valence-corrected chi connectivity index (χ2v) is 6.00. The Morgan fingerprint density at radius 3 is 2.54 bits per heavy atom. The zero-order valence-corrected chi connectivity index (χ0v) is 14.3. The first kappa shape index (κ1) is 18.2. The molecule has 0 atom stereocenters. The quantitative estimate of drug-likeness (QED) is 0.848. The highest BCUT2D eigenvalue weighted by molar-refractivity contribution is 6.03. The fourth-order valence-electron chi connectivity index (χ4n) is 2.87. The van der Waals surface area contributed by atoms with E-state index in [0.29, 0.717) is 0 Å². The summed E-state index contributed by atoms with van der Waals surface area (Å²) >= 11 is 0. The van der Waals surface area contributed by atoms with Crippen LogP contribution >= 0.6 is 0 Å². The number of hydrogen-bond acceptors (Lipinski definition) is 4. The van der Waals surface area contributed by atoms with Gasteiger partial charge in [-0.2, -0.15) is 0 Å². The summed E-state index contributed by atoms with van der Waals surface area (Å²) in [4.78, 5) is 20.8. The summed E-state index contributed by atoms with van der Waals surface area (Å²) < 4.78 is 40.0. The molecule has 1 fully saturated rings. The van der Waals surface area contributed by atoms with Crippen LogP contribution in [0.25, 0.3) is 0 Å². The molecule has 2 aromatic rings. The first-order chi connectivity index (χ1) is 12.5. The number of amides is 1. The zero-order valence-electron chi connectivity index (χ0n) is 14.3. The molecule has 1 N–H and O–H groups in total. The topological polar surface area (TPSA) is 48.5 Å². The molecule has 1 aliphatic heterocycles. The van der Waals surface area contributed by atoms with E-state index in [2.05, 4.69) is 27.0 Å². The van der Waals surface area contributed by atoms with Crippen LogP contribution in [0.4, 0.5) is 24.5 Å². The maximum absolute atomic E-state index is 13.7. The van der Waals surface area contributed by atoms with E-state index in [9.17, 15) is 18.0 Å². The van der Waals surface area contributed by atoms with Gasteiger partial charge in [-0.15, -0.1) is 0 Å². The minimum atomic E-state index is -1.63. The Morgan fingerprint density at radius 2 is 1.85 bits per heavy atom. The van der Waals surface area contributed by atoms with Crippen molar-refractivity contribution in [2.75, 3.05) is 42.9 Å². The minimum Gasteiger partial charge on any atom is -0.369 e. The number of rotatable bonds is 4. The third kappa shape index (κ3) is 3.80. The SMILES string of the molecule is CCN1CCN(c2ccnc(C(=O)Nc3ccc(F)c(F)c3F)c2)CC1. The molecule has 5 nitrogen and oxygen atoms in total. The molecule has 1 aliphatic rings. The van der Waals surface area contributed by atoms with Gasteiger partial charge in [-0.3, -0.25) is 9.78 Å². The summed E-state index contributed by atoms with van der Waals surface area (Å²) in [5.74, 6) is -5.07. The Morgan fingerprint density at radius 1 is 1.12 bits per heavy atom. The van der Waals surface area contributed by atoms with Crippen LogP contribution in [-0.4, -0.2) is 48.5 Å². The van der Waals surface area contributed by atoms with E-state index in [-0.39, 0.29) is 5.69 Å². The lowest BCUT2D eigenvalue weighted by atomic mass is 10.2. The second kappa shape index (κ2) is 7.74. The number of pyridine rings is 1. The molecule has 0 radical (unpaired) electrons. The normalized spacial score (nSPS) is 15.2. The number of hydrogen-bond donors (Lipinski definition) is 1. The van der Waals surface area contributed by atoms with Crippen LogP contribution < -0.4 is 10.2 Å². The van der Waals surface area contributed by atoms with E-state index >= 15 is 0 Å². The number of carbonyl (C=O) groups is 1. The Bertz CT molecular complexity index is 807. The third-order valence-electron chi connectivity index (χ3n) is 4.44. The van der Waals surface area contributed by atoms with Crippen LogP contribution in [0.15, 0.2) is 30.5 Å². The van der Waals surface area contributed by atoms with Crippen molar-refractivity contribution in [3.63, 3.8) is 0 Å². The van der Waals surface area contributed by atoms with Gasteiger partial charge in [0.25, 0.3) is 5.91 Å². The fraction of sp³-hybridized carbons (Fsp3) is 0.333. The number of anilines is 2. The van der Waals surface area contributed by atoms with Gasteiger partial charge in [0.15, 0.2) is 17.5 Å². The number of nitrogens with one attached hydrogen (secondary N) is 1. The first-order valence-electron chi connectivity index (χ1n) is 8.37. The van der Waals surface area contributed by atoms with Crippen molar-refractivity contribution in [1.82, 2.24) is 9.88 Å². The highest BCUT2D eigenvalue weighted by Crippen LogP contribution is 2.21. The maximum Gasteiger partial charge on any atom is 0.274 e. The van der Waals surface area contributed by atoms with Gasteiger partial charge in [-0.25, -0.2) is 13.2 Å². The Balaban J connectivity index is 1.74. The number of piperazine rings is 1. The highest BCUT2D eigenvalue weighted by Gasteiger charge is 2.19. The van der Waals surface area contributed by atoms with E-state index in [1.54, 1.807) is 12.1 Å². The molecule has 1 aromatic carbocycles. The summed E-state index contributed by atoms with van der Waals surface area (Å²) in [5.41, 5.74) is 0.480. The van der Waals surface area contributed by atoms with E-state index in [1.807, 2.05) is 0 Å². The molecule has 0 aliphatic carbocycles.